The third kappa shape index (κ3) is 1.14. The summed E-state index contributed by atoms with van der Waals surface area (Å²) in [6, 6.07) is 4.41. The highest BCUT2D eigenvalue weighted by Gasteiger charge is 2.12. The van der Waals surface area contributed by atoms with Crippen LogP contribution in [0.25, 0.3) is 10.9 Å². The van der Waals surface area contributed by atoms with Crippen LogP contribution >= 0.6 is 0 Å². The van der Waals surface area contributed by atoms with E-state index >= 15 is 0 Å². The largest absolute Gasteiger partial charge is 0.361 e. The predicted molar refractivity (Wildman–Crippen MR) is 47.5 cm³/mol. The summed E-state index contributed by atoms with van der Waals surface area (Å²) in [6.45, 7) is 0. The van der Waals surface area contributed by atoms with E-state index in [1.165, 1.54) is 12.3 Å². The lowest BCUT2D eigenvalue weighted by molar-refractivity contribution is 0.517. The van der Waals surface area contributed by atoms with Gasteiger partial charge >= 0.3 is 0 Å². The lowest BCUT2D eigenvalue weighted by Gasteiger charge is -1.96. The molecule has 0 saturated heterocycles. The average molecular weight is 192 g/mol. The summed E-state index contributed by atoms with van der Waals surface area (Å²) in [6.07, 6.45) is 1.59. The normalized spacial score (nSPS) is 10.4. The minimum atomic E-state index is -0.894. The van der Waals surface area contributed by atoms with E-state index in [0.29, 0.717) is 11.1 Å². The summed E-state index contributed by atoms with van der Waals surface area (Å²) in [5.74, 6) is -1.79. The standard InChI is InChI=1S/C10H6F2N2/c11-7-1-2-8-9(10(7)12)6(3-4-13)5-14-8/h1-2,5,14H,3H2. The lowest BCUT2D eigenvalue weighted by atomic mass is 10.1. The Kier molecular flexibility index (Phi) is 1.93. The Bertz CT molecular complexity index is 523. The van der Waals surface area contributed by atoms with Crippen LogP contribution in [0.3, 0.4) is 0 Å². The maximum absolute atomic E-state index is 13.3. The quantitative estimate of drug-likeness (QED) is 0.740. The van der Waals surface area contributed by atoms with Gasteiger partial charge in [0.1, 0.15) is 0 Å². The molecule has 0 unspecified atom stereocenters. The number of aromatic amines is 1. The maximum atomic E-state index is 13.3. The van der Waals surface area contributed by atoms with E-state index in [-0.39, 0.29) is 11.8 Å². The van der Waals surface area contributed by atoms with Crippen LogP contribution in [-0.4, -0.2) is 4.98 Å². The number of fused-ring (bicyclic) bond motifs is 1. The molecule has 0 fully saturated rings. The van der Waals surface area contributed by atoms with Crippen LogP contribution in [0.15, 0.2) is 18.3 Å². The van der Waals surface area contributed by atoms with E-state index in [4.69, 9.17) is 5.26 Å². The average Bonchev–Trinajstić information content (AvgIpc) is 2.57. The summed E-state index contributed by atoms with van der Waals surface area (Å²) in [5, 5.41) is 8.65. The van der Waals surface area contributed by atoms with Crippen LogP contribution in [-0.2, 0) is 6.42 Å². The first kappa shape index (κ1) is 8.70. The van der Waals surface area contributed by atoms with Gasteiger partial charge in [-0.1, -0.05) is 0 Å². The predicted octanol–water partition coefficient (Wildman–Crippen LogP) is 2.51. The van der Waals surface area contributed by atoms with Gasteiger partial charge in [-0.05, 0) is 17.7 Å². The van der Waals surface area contributed by atoms with Gasteiger partial charge in [0.2, 0.25) is 0 Å². The molecular formula is C10H6F2N2. The van der Waals surface area contributed by atoms with Crippen LogP contribution in [0.4, 0.5) is 8.78 Å². The first-order valence-electron chi connectivity index (χ1n) is 4.05. The third-order valence-electron chi connectivity index (χ3n) is 2.09. The molecule has 2 aromatic rings. The number of nitrogens with one attached hydrogen (secondary N) is 1. The van der Waals surface area contributed by atoms with Crippen molar-refractivity contribution in [3.63, 3.8) is 0 Å². The highest BCUT2D eigenvalue weighted by molar-refractivity contribution is 5.84. The van der Waals surface area contributed by atoms with Crippen LogP contribution in [0, 0.1) is 23.0 Å². The first-order valence-corrected chi connectivity index (χ1v) is 4.05. The Balaban J connectivity index is 2.77. The number of H-pyrrole nitrogens is 1. The van der Waals surface area contributed by atoms with E-state index in [0.717, 1.165) is 6.07 Å². The van der Waals surface area contributed by atoms with Gasteiger partial charge in [0.15, 0.2) is 11.6 Å². The Morgan fingerprint density at radius 2 is 2.14 bits per heavy atom. The summed E-state index contributed by atoms with van der Waals surface area (Å²) in [4.78, 5) is 2.78. The van der Waals surface area contributed by atoms with Crippen molar-refractivity contribution in [3.8, 4) is 6.07 Å². The molecule has 14 heavy (non-hydrogen) atoms. The van der Waals surface area contributed by atoms with Crippen molar-refractivity contribution < 1.29 is 8.78 Å². The van der Waals surface area contributed by atoms with Gasteiger partial charge in [-0.25, -0.2) is 8.78 Å². The highest BCUT2D eigenvalue weighted by atomic mass is 19.2. The number of hydrogen-bond acceptors (Lipinski definition) is 1. The van der Waals surface area contributed by atoms with E-state index in [1.807, 2.05) is 6.07 Å². The van der Waals surface area contributed by atoms with Crippen molar-refractivity contribution >= 4 is 10.9 Å². The van der Waals surface area contributed by atoms with E-state index in [1.54, 1.807) is 0 Å². The fourth-order valence-electron chi connectivity index (χ4n) is 1.45. The molecule has 0 aliphatic carbocycles. The minimum Gasteiger partial charge on any atom is -0.361 e. The van der Waals surface area contributed by atoms with Crippen LogP contribution in [0.1, 0.15) is 5.56 Å². The molecule has 0 amide bonds. The zero-order valence-electron chi connectivity index (χ0n) is 7.14. The molecule has 0 spiro atoms. The monoisotopic (exact) mass is 192 g/mol. The molecule has 0 aliphatic heterocycles. The molecule has 1 N–H and O–H groups in total. The molecule has 1 aromatic carbocycles. The van der Waals surface area contributed by atoms with Crippen molar-refractivity contribution in [1.29, 1.82) is 5.26 Å². The molecule has 0 bridgehead atoms. The molecule has 0 atom stereocenters. The number of benzene rings is 1. The third-order valence-corrected chi connectivity index (χ3v) is 2.09. The Hall–Kier alpha value is -1.89. The molecular weight excluding hydrogens is 186 g/mol. The fourth-order valence-corrected chi connectivity index (χ4v) is 1.45. The first-order chi connectivity index (χ1) is 6.74. The molecule has 0 aliphatic rings. The topological polar surface area (TPSA) is 39.6 Å². The molecule has 2 rings (SSSR count). The van der Waals surface area contributed by atoms with Gasteiger partial charge in [-0.15, -0.1) is 0 Å². The smallest absolute Gasteiger partial charge is 0.168 e. The van der Waals surface area contributed by atoms with Crippen molar-refractivity contribution in [2.75, 3.05) is 0 Å². The minimum absolute atomic E-state index is 0.0698. The van der Waals surface area contributed by atoms with Crippen LogP contribution in [0.5, 0.6) is 0 Å². The zero-order valence-corrected chi connectivity index (χ0v) is 7.14. The van der Waals surface area contributed by atoms with Crippen LogP contribution < -0.4 is 0 Å². The van der Waals surface area contributed by atoms with E-state index in [2.05, 4.69) is 4.98 Å². The SMILES string of the molecule is N#CCc1c[nH]c2ccc(F)c(F)c12. The van der Waals surface area contributed by atoms with Gasteiger partial charge in [0.05, 0.1) is 12.5 Å². The van der Waals surface area contributed by atoms with Crippen molar-refractivity contribution in [3.05, 3.63) is 35.5 Å². The maximum Gasteiger partial charge on any atom is 0.168 e. The molecule has 4 heteroatoms. The zero-order chi connectivity index (χ0) is 10.1. The molecule has 2 nitrogen and oxygen atoms in total. The summed E-state index contributed by atoms with van der Waals surface area (Å²) in [5.41, 5.74) is 0.994. The second-order valence-electron chi connectivity index (χ2n) is 2.93. The molecule has 0 radical (unpaired) electrons. The highest BCUT2D eigenvalue weighted by Crippen LogP contribution is 2.23. The van der Waals surface area contributed by atoms with E-state index in [9.17, 15) is 8.78 Å². The van der Waals surface area contributed by atoms with Crippen LogP contribution in [0.2, 0.25) is 0 Å². The summed E-state index contributed by atoms with van der Waals surface area (Å²) < 4.78 is 26.2. The van der Waals surface area contributed by atoms with Gasteiger partial charge in [-0.3, -0.25) is 0 Å². The molecule has 1 aromatic heterocycles. The number of nitrogens with zero attached hydrogens (tertiary/aromatic N) is 1. The van der Waals surface area contributed by atoms with Gasteiger partial charge in [0, 0.05) is 17.1 Å². The molecule has 0 saturated carbocycles. The van der Waals surface area contributed by atoms with Crippen molar-refractivity contribution in [1.82, 2.24) is 4.98 Å². The number of aromatic nitrogens is 1. The van der Waals surface area contributed by atoms with E-state index < -0.39 is 11.6 Å². The van der Waals surface area contributed by atoms with Crippen molar-refractivity contribution in [2.45, 2.75) is 6.42 Å². The summed E-state index contributed by atoms with van der Waals surface area (Å²) in [7, 11) is 0. The molecule has 70 valence electrons. The van der Waals surface area contributed by atoms with Gasteiger partial charge < -0.3 is 4.98 Å². The second-order valence-corrected chi connectivity index (χ2v) is 2.93. The number of hydrogen-bond donors (Lipinski definition) is 1. The number of halogens is 2. The van der Waals surface area contributed by atoms with Gasteiger partial charge in [0.25, 0.3) is 0 Å². The number of rotatable bonds is 1. The van der Waals surface area contributed by atoms with Crippen molar-refractivity contribution in [2.24, 2.45) is 0 Å². The Morgan fingerprint density at radius 1 is 1.36 bits per heavy atom. The Morgan fingerprint density at radius 3 is 2.86 bits per heavy atom. The molecule has 1 heterocycles. The lowest BCUT2D eigenvalue weighted by Crippen LogP contribution is -1.87. The Labute approximate surface area is 78.8 Å². The summed E-state index contributed by atoms with van der Waals surface area (Å²) >= 11 is 0. The second kappa shape index (κ2) is 3.11. The fraction of sp³-hybridized carbons (Fsp3) is 0.100. The number of nitriles is 1. The van der Waals surface area contributed by atoms with Gasteiger partial charge in [-0.2, -0.15) is 5.26 Å².